The molecule has 0 amide bonds. The average molecular weight is 255 g/mol. The maximum atomic E-state index is 8.36. The lowest BCUT2D eigenvalue weighted by Crippen LogP contribution is -2.17. The van der Waals surface area contributed by atoms with Crippen LogP contribution in [0.4, 0.5) is 0 Å². The molecule has 100 valence electrons. The van der Waals surface area contributed by atoms with Crippen LogP contribution in [0.3, 0.4) is 0 Å². The van der Waals surface area contributed by atoms with Crippen LogP contribution in [-0.2, 0) is 5.41 Å². The van der Waals surface area contributed by atoms with Crippen molar-refractivity contribution in [1.29, 1.82) is 0 Å². The van der Waals surface area contributed by atoms with Crippen LogP contribution in [0.5, 0.6) is 0 Å². The molecule has 0 aliphatic heterocycles. The first-order valence-electron chi connectivity index (χ1n) is 7.13. The van der Waals surface area contributed by atoms with Crippen molar-refractivity contribution in [2.75, 3.05) is 0 Å². The van der Waals surface area contributed by atoms with E-state index < -0.39 is 5.89 Å². The molecule has 19 heavy (non-hydrogen) atoms. The van der Waals surface area contributed by atoms with Gasteiger partial charge in [-0.2, -0.15) is 0 Å². The van der Waals surface area contributed by atoms with Crippen LogP contribution in [0.25, 0.3) is 11.4 Å². The van der Waals surface area contributed by atoms with Gasteiger partial charge in [-0.05, 0) is 16.9 Å². The lowest BCUT2D eigenvalue weighted by molar-refractivity contribution is 0.567. The predicted molar refractivity (Wildman–Crippen MR) is 80.3 cm³/mol. The Morgan fingerprint density at radius 2 is 1.74 bits per heavy atom. The zero-order valence-corrected chi connectivity index (χ0v) is 12.4. The van der Waals surface area contributed by atoms with Crippen molar-refractivity contribution in [3.63, 3.8) is 0 Å². The van der Waals surface area contributed by atoms with Gasteiger partial charge in [0.15, 0.2) is 5.82 Å². The molecule has 1 aromatic carbocycles. The summed E-state index contributed by atoms with van der Waals surface area (Å²) in [6.07, 6.45) is 1.88. The standard InChI is InChI=1S/C17H22N2/c1-12(2)15-14(17(3,4)5)11-18-16(19-15)13-9-7-6-8-10-13/h6-12H,1-5H3/i12D. The number of rotatable bonds is 2. The lowest BCUT2D eigenvalue weighted by atomic mass is 9.84. The number of benzene rings is 1. The molecule has 0 saturated carbocycles. The van der Waals surface area contributed by atoms with E-state index in [-0.39, 0.29) is 5.41 Å². The molecule has 2 rings (SSSR count). The molecular weight excluding hydrogens is 232 g/mol. The topological polar surface area (TPSA) is 25.8 Å². The summed E-state index contributed by atoms with van der Waals surface area (Å²) < 4.78 is 8.36. The molecule has 2 nitrogen and oxygen atoms in total. The van der Waals surface area contributed by atoms with E-state index in [0.717, 1.165) is 16.8 Å². The Morgan fingerprint density at radius 1 is 1.11 bits per heavy atom. The summed E-state index contributed by atoms with van der Waals surface area (Å²) in [6, 6.07) is 9.91. The Kier molecular flexibility index (Phi) is 3.33. The first-order chi connectivity index (χ1) is 9.19. The molecule has 0 saturated heterocycles. The number of aromatic nitrogens is 2. The van der Waals surface area contributed by atoms with Crippen molar-refractivity contribution < 1.29 is 1.37 Å². The molecule has 0 radical (unpaired) electrons. The summed E-state index contributed by atoms with van der Waals surface area (Å²) in [7, 11) is 0. The summed E-state index contributed by atoms with van der Waals surface area (Å²) in [6.45, 7) is 10.1. The summed E-state index contributed by atoms with van der Waals surface area (Å²) >= 11 is 0. The van der Waals surface area contributed by atoms with E-state index in [1.807, 2.05) is 50.4 Å². The highest BCUT2D eigenvalue weighted by atomic mass is 14.9. The van der Waals surface area contributed by atoms with Gasteiger partial charge in [0.2, 0.25) is 0 Å². The van der Waals surface area contributed by atoms with Crippen molar-refractivity contribution in [3.05, 3.63) is 47.8 Å². The Bertz CT molecular complexity index is 593. The first kappa shape index (κ1) is 12.3. The second-order valence-corrected chi connectivity index (χ2v) is 6.07. The molecule has 0 aliphatic rings. The van der Waals surface area contributed by atoms with E-state index in [2.05, 4.69) is 30.7 Å². The zero-order valence-electron chi connectivity index (χ0n) is 13.4. The summed E-state index contributed by atoms with van der Waals surface area (Å²) in [5.41, 5.74) is 2.76. The molecular formula is C17H22N2. The van der Waals surface area contributed by atoms with Gasteiger partial charge in [-0.15, -0.1) is 0 Å². The fourth-order valence-electron chi connectivity index (χ4n) is 2.04. The minimum absolute atomic E-state index is 0.0666. The molecule has 1 heterocycles. The highest BCUT2D eigenvalue weighted by Crippen LogP contribution is 2.30. The molecule has 0 bridgehead atoms. The molecule has 2 heteroatoms. The molecule has 1 aromatic heterocycles. The van der Waals surface area contributed by atoms with Gasteiger partial charge >= 0.3 is 0 Å². The normalized spacial score (nSPS) is 13.2. The third kappa shape index (κ3) is 3.01. The molecule has 0 atom stereocenters. The van der Waals surface area contributed by atoms with E-state index in [1.165, 1.54) is 0 Å². The monoisotopic (exact) mass is 255 g/mol. The number of nitrogens with zero attached hydrogens (tertiary/aromatic N) is 2. The lowest BCUT2D eigenvalue weighted by Gasteiger charge is -2.23. The van der Waals surface area contributed by atoms with Gasteiger partial charge in [-0.1, -0.05) is 65.0 Å². The van der Waals surface area contributed by atoms with Crippen molar-refractivity contribution in [3.8, 4) is 11.4 Å². The highest BCUT2D eigenvalue weighted by molar-refractivity contribution is 5.55. The smallest absolute Gasteiger partial charge is 0.159 e. The van der Waals surface area contributed by atoms with Crippen LogP contribution in [0.15, 0.2) is 36.5 Å². The summed E-state index contributed by atoms with van der Waals surface area (Å²) in [4.78, 5) is 9.18. The quantitative estimate of drug-likeness (QED) is 0.786. The van der Waals surface area contributed by atoms with Crippen molar-refractivity contribution in [2.45, 2.75) is 45.9 Å². The van der Waals surface area contributed by atoms with Crippen LogP contribution >= 0.6 is 0 Å². The third-order valence-electron chi connectivity index (χ3n) is 3.10. The zero-order chi connectivity index (χ0) is 15.0. The average Bonchev–Trinajstić information content (AvgIpc) is 2.37. The predicted octanol–water partition coefficient (Wildman–Crippen LogP) is 4.56. The Labute approximate surface area is 117 Å². The SMILES string of the molecule is [2H]C(C)(C)c1nc(-c2ccccc2)ncc1C(C)(C)C. The minimum atomic E-state index is -0.741. The van der Waals surface area contributed by atoms with E-state index in [9.17, 15) is 0 Å². The maximum Gasteiger partial charge on any atom is 0.159 e. The van der Waals surface area contributed by atoms with E-state index in [1.54, 1.807) is 0 Å². The molecule has 0 unspecified atom stereocenters. The van der Waals surface area contributed by atoms with Gasteiger partial charge < -0.3 is 0 Å². The van der Waals surface area contributed by atoms with Crippen LogP contribution in [0, 0.1) is 0 Å². The molecule has 0 spiro atoms. The highest BCUT2D eigenvalue weighted by Gasteiger charge is 2.21. The maximum absolute atomic E-state index is 8.36. The molecule has 0 N–H and O–H groups in total. The van der Waals surface area contributed by atoms with Gasteiger partial charge in [0, 0.05) is 13.1 Å². The summed E-state index contributed by atoms with van der Waals surface area (Å²) in [5, 5.41) is 0. The first-order valence-corrected chi connectivity index (χ1v) is 6.63. The van der Waals surface area contributed by atoms with Gasteiger partial charge in [0.05, 0.1) is 5.69 Å². The summed E-state index contributed by atoms with van der Waals surface area (Å²) in [5.74, 6) is -0.0522. The molecule has 0 aliphatic carbocycles. The number of hydrogen-bond donors (Lipinski definition) is 0. The second-order valence-electron chi connectivity index (χ2n) is 6.07. The van der Waals surface area contributed by atoms with Crippen molar-refractivity contribution >= 4 is 0 Å². The van der Waals surface area contributed by atoms with Gasteiger partial charge in [0.1, 0.15) is 0 Å². The van der Waals surface area contributed by atoms with E-state index >= 15 is 0 Å². The van der Waals surface area contributed by atoms with Crippen LogP contribution in [0.2, 0.25) is 0 Å². The van der Waals surface area contributed by atoms with Gasteiger partial charge in [-0.3, -0.25) is 0 Å². The van der Waals surface area contributed by atoms with Crippen LogP contribution in [0.1, 0.15) is 53.1 Å². The van der Waals surface area contributed by atoms with E-state index in [4.69, 9.17) is 1.37 Å². The Hall–Kier alpha value is -1.70. The third-order valence-corrected chi connectivity index (χ3v) is 3.10. The molecule has 0 fully saturated rings. The van der Waals surface area contributed by atoms with E-state index in [0.29, 0.717) is 5.82 Å². The van der Waals surface area contributed by atoms with Gasteiger partial charge in [-0.25, -0.2) is 9.97 Å². The number of hydrogen-bond acceptors (Lipinski definition) is 2. The fraction of sp³-hybridized carbons (Fsp3) is 0.412. The van der Waals surface area contributed by atoms with Crippen molar-refractivity contribution in [1.82, 2.24) is 9.97 Å². The Balaban J connectivity index is 2.62. The second kappa shape index (κ2) is 5.12. The minimum Gasteiger partial charge on any atom is -0.236 e. The fourth-order valence-corrected chi connectivity index (χ4v) is 2.04. The van der Waals surface area contributed by atoms with Gasteiger partial charge in [0.25, 0.3) is 0 Å². The van der Waals surface area contributed by atoms with Crippen LogP contribution in [-0.4, -0.2) is 9.97 Å². The van der Waals surface area contributed by atoms with Crippen molar-refractivity contribution in [2.24, 2.45) is 0 Å². The molecule has 2 aromatic rings. The Morgan fingerprint density at radius 3 is 2.26 bits per heavy atom. The largest absolute Gasteiger partial charge is 0.236 e. The van der Waals surface area contributed by atoms with Crippen LogP contribution < -0.4 is 0 Å².